The second-order valence-corrected chi connectivity index (χ2v) is 7.42. The van der Waals surface area contributed by atoms with Gasteiger partial charge in [-0.3, -0.25) is 4.99 Å². The van der Waals surface area contributed by atoms with Gasteiger partial charge in [-0.15, -0.1) is 0 Å². The summed E-state index contributed by atoms with van der Waals surface area (Å²) in [4.78, 5) is 4.54. The number of sulfone groups is 1. The van der Waals surface area contributed by atoms with Crippen LogP contribution in [-0.4, -0.2) is 34.2 Å². The Bertz CT molecular complexity index is 576. The van der Waals surface area contributed by atoms with Crippen LogP contribution in [0.5, 0.6) is 0 Å². The monoisotopic (exact) mass is 325 g/mol. The van der Waals surface area contributed by atoms with Gasteiger partial charge in [0, 0.05) is 26.4 Å². The fourth-order valence-corrected chi connectivity index (χ4v) is 2.71. The molecule has 0 atom stereocenters. The highest BCUT2D eigenvalue weighted by atomic mass is 32.2. The third-order valence-electron chi connectivity index (χ3n) is 3.75. The maximum Gasteiger partial charge on any atom is 0.191 e. The van der Waals surface area contributed by atoms with Crippen LogP contribution < -0.4 is 10.6 Å². The van der Waals surface area contributed by atoms with Crippen LogP contribution in [0.3, 0.4) is 0 Å². The Labute approximate surface area is 134 Å². The van der Waals surface area contributed by atoms with Crippen molar-refractivity contribution in [2.75, 3.05) is 19.8 Å². The molecule has 6 heteroatoms. The lowest BCUT2D eigenvalue weighted by molar-refractivity contribution is 0.481. The third-order valence-corrected chi connectivity index (χ3v) is 4.88. The molecule has 0 radical (unpaired) electrons. The summed E-state index contributed by atoms with van der Waals surface area (Å²) in [5.41, 5.74) is 1.01. The molecular formula is C16H27N3O2S. The smallest absolute Gasteiger partial charge is 0.191 e. The van der Waals surface area contributed by atoms with Crippen LogP contribution >= 0.6 is 0 Å². The van der Waals surface area contributed by atoms with Gasteiger partial charge in [-0.1, -0.05) is 38.8 Å². The Kier molecular flexibility index (Phi) is 7.38. The van der Waals surface area contributed by atoms with Gasteiger partial charge in [-0.05, 0) is 23.6 Å². The van der Waals surface area contributed by atoms with Crippen LogP contribution in [0.1, 0.15) is 32.3 Å². The van der Waals surface area contributed by atoms with E-state index in [0.717, 1.165) is 30.9 Å². The first kappa shape index (κ1) is 18.5. The molecule has 124 valence electrons. The summed E-state index contributed by atoms with van der Waals surface area (Å²) in [5.74, 6) is 1.41. The highest BCUT2D eigenvalue weighted by Gasteiger charge is 2.07. The largest absolute Gasteiger partial charge is 0.356 e. The van der Waals surface area contributed by atoms with Crippen LogP contribution in [0.25, 0.3) is 0 Å². The van der Waals surface area contributed by atoms with E-state index in [1.165, 1.54) is 6.26 Å². The van der Waals surface area contributed by atoms with Crippen molar-refractivity contribution in [1.82, 2.24) is 10.6 Å². The van der Waals surface area contributed by atoms with Gasteiger partial charge in [0.25, 0.3) is 0 Å². The lowest BCUT2D eigenvalue weighted by Crippen LogP contribution is -2.39. The maximum absolute atomic E-state index is 11.4. The van der Waals surface area contributed by atoms with Crippen molar-refractivity contribution in [3.63, 3.8) is 0 Å². The highest BCUT2D eigenvalue weighted by Crippen LogP contribution is 2.10. The first-order valence-electron chi connectivity index (χ1n) is 7.64. The van der Waals surface area contributed by atoms with E-state index in [4.69, 9.17) is 0 Å². The Hall–Kier alpha value is -1.56. The topological polar surface area (TPSA) is 70.6 Å². The van der Waals surface area contributed by atoms with Crippen LogP contribution in [0.4, 0.5) is 0 Å². The summed E-state index contributed by atoms with van der Waals surface area (Å²) in [7, 11) is -1.39. The van der Waals surface area contributed by atoms with Gasteiger partial charge in [0.15, 0.2) is 15.8 Å². The minimum Gasteiger partial charge on any atom is -0.356 e. The van der Waals surface area contributed by atoms with Crippen molar-refractivity contribution in [1.29, 1.82) is 0 Å². The van der Waals surface area contributed by atoms with Crippen molar-refractivity contribution in [3.8, 4) is 0 Å². The van der Waals surface area contributed by atoms with E-state index < -0.39 is 9.84 Å². The molecule has 0 aliphatic heterocycles. The van der Waals surface area contributed by atoms with E-state index in [-0.39, 0.29) is 0 Å². The predicted octanol–water partition coefficient (Wildman–Crippen LogP) is 2.19. The molecule has 0 saturated heterocycles. The number of aliphatic imine (C=N–C) groups is 1. The van der Waals surface area contributed by atoms with E-state index in [0.29, 0.717) is 17.4 Å². The van der Waals surface area contributed by atoms with Gasteiger partial charge in [0.2, 0.25) is 0 Å². The third kappa shape index (κ3) is 6.05. The summed E-state index contributed by atoms with van der Waals surface area (Å²) in [6, 6.07) is 6.90. The molecule has 1 rings (SSSR count). The van der Waals surface area contributed by atoms with Gasteiger partial charge in [-0.2, -0.15) is 0 Å². The molecule has 5 nitrogen and oxygen atoms in total. The number of nitrogens with one attached hydrogen (secondary N) is 2. The lowest BCUT2D eigenvalue weighted by Gasteiger charge is -2.16. The summed E-state index contributed by atoms with van der Waals surface area (Å²) >= 11 is 0. The Morgan fingerprint density at radius 3 is 2.18 bits per heavy atom. The van der Waals surface area contributed by atoms with Crippen molar-refractivity contribution in [3.05, 3.63) is 29.8 Å². The molecule has 0 amide bonds. The van der Waals surface area contributed by atoms with E-state index in [1.54, 1.807) is 19.2 Å². The van der Waals surface area contributed by atoms with E-state index in [9.17, 15) is 8.42 Å². The van der Waals surface area contributed by atoms with Crippen LogP contribution in [-0.2, 0) is 16.4 Å². The Morgan fingerprint density at radius 2 is 1.73 bits per heavy atom. The molecule has 0 bridgehead atoms. The van der Waals surface area contributed by atoms with Gasteiger partial charge in [0.05, 0.1) is 4.90 Å². The standard InChI is InChI=1S/C16H27N3O2S/c1-5-13(6-2)11-18-16(17-3)19-12-14-7-9-15(10-8-14)22(4,20)21/h7-10,13H,5-6,11-12H2,1-4H3,(H2,17,18,19). The average molecular weight is 325 g/mol. The van der Waals surface area contributed by atoms with Crippen molar-refractivity contribution in [2.45, 2.75) is 38.1 Å². The number of hydrogen-bond acceptors (Lipinski definition) is 3. The predicted molar refractivity (Wildman–Crippen MR) is 91.8 cm³/mol. The number of hydrogen-bond donors (Lipinski definition) is 2. The highest BCUT2D eigenvalue weighted by molar-refractivity contribution is 7.90. The number of rotatable bonds is 7. The van der Waals surface area contributed by atoms with Crippen molar-refractivity contribution >= 4 is 15.8 Å². The van der Waals surface area contributed by atoms with Gasteiger partial charge >= 0.3 is 0 Å². The van der Waals surface area contributed by atoms with Crippen molar-refractivity contribution in [2.24, 2.45) is 10.9 Å². The lowest BCUT2D eigenvalue weighted by atomic mass is 10.0. The average Bonchev–Trinajstić information content (AvgIpc) is 2.50. The fraction of sp³-hybridized carbons (Fsp3) is 0.562. The zero-order valence-electron chi connectivity index (χ0n) is 13.9. The first-order chi connectivity index (χ1) is 10.4. The van der Waals surface area contributed by atoms with Crippen LogP contribution in [0.2, 0.25) is 0 Å². The maximum atomic E-state index is 11.4. The van der Waals surface area contributed by atoms with E-state index >= 15 is 0 Å². The Morgan fingerprint density at radius 1 is 1.14 bits per heavy atom. The molecule has 0 heterocycles. The van der Waals surface area contributed by atoms with Gasteiger partial charge in [-0.25, -0.2) is 8.42 Å². The zero-order valence-corrected chi connectivity index (χ0v) is 14.7. The molecule has 0 aromatic heterocycles. The number of nitrogens with zero attached hydrogens (tertiary/aromatic N) is 1. The second-order valence-electron chi connectivity index (χ2n) is 5.41. The number of benzene rings is 1. The first-order valence-corrected chi connectivity index (χ1v) is 9.53. The molecule has 0 aliphatic carbocycles. The van der Waals surface area contributed by atoms with Gasteiger partial charge in [0.1, 0.15) is 0 Å². The molecule has 2 N–H and O–H groups in total. The summed E-state index contributed by atoms with van der Waals surface area (Å²) in [6.07, 6.45) is 3.50. The molecule has 0 saturated carbocycles. The normalized spacial score (nSPS) is 12.5. The zero-order chi connectivity index (χ0) is 16.6. The molecule has 1 aromatic carbocycles. The molecule has 0 fully saturated rings. The summed E-state index contributed by atoms with van der Waals surface area (Å²) in [6.45, 7) is 5.89. The molecule has 0 unspecified atom stereocenters. The minimum atomic E-state index is -3.14. The minimum absolute atomic E-state index is 0.340. The quantitative estimate of drug-likeness (QED) is 0.595. The Balaban J connectivity index is 2.53. The molecule has 1 aromatic rings. The summed E-state index contributed by atoms with van der Waals surface area (Å²) < 4.78 is 22.8. The van der Waals surface area contributed by atoms with Crippen LogP contribution in [0.15, 0.2) is 34.2 Å². The van der Waals surface area contributed by atoms with Gasteiger partial charge < -0.3 is 10.6 Å². The second kappa shape index (κ2) is 8.78. The molecular weight excluding hydrogens is 298 g/mol. The summed E-state index contributed by atoms with van der Waals surface area (Å²) in [5, 5.41) is 6.56. The number of guanidine groups is 1. The van der Waals surface area contributed by atoms with E-state index in [1.807, 2.05) is 12.1 Å². The molecule has 0 aliphatic rings. The van der Waals surface area contributed by atoms with Crippen LogP contribution in [0, 0.1) is 5.92 Å². The SMILES string of the molecule is CCC(CC)CNC(=NC)NCc1ccc(S(C)(=O)=O)cc1. The van der Waals surface area contributed by atoms with E-state index in [2.05, 4.69) is 29.5 Å². The fourth-order valence-electron chi connectivity index (χ4n) is 2.08. The van der Waals surface area contributed by atoms with Crippen molar-refractivity contribution < 1.29 is 8.42 Å². The molecule has 0 spiro atoms. The molecule has 22 heavy (non-hydrogen) atoms.